The summed E-state index contributed by atoms with van der Waals surface area (Å²) in [7, 11) is 1.46. The van der Waals surface area contributed by atoms with Crippen LogP contribution in [0.1, 0.15) is 13.8 Å². The highest BCUT2D eigenvalue weighted by molar-refractivity contribution is 7.47. The summed E-state index contributed by atoms with van der Waals surface area (Å²) in [6, 6.07) is 10.6. The summed E-state index contributed by atoms with van der Waals surface area (Å²) >= 11 is 0. The van der Waals surface area contributed by atoms with Gasteiger partial charge in [0.25, 0.3) is 0 Å². The highest BCUT2D eigenvalue weighted by Crippen LogP contribution is 2.13. The largest absolute Gasteiger partial charge is 0.506 e. The normalized spacial score (nSPS) is 11.5. The number of hydrogen-bond donors (Lipinski definition) is 0. The monoisotopic (exact) mass is 165 g/mol. The first kappa shape index (κ1) is 8.74. The highest BCUT2D eigenvalue weighted by Gasteiger charge is 1.81. The van der Waals surface area contributed by atoms with Crippen LogP contribution >= 0.6 is 8.58 Å². The molecule has 0 atom stereocenters. The van der Waals surface area contributed by atoms with Crippen molar-refractivity contribution >= 4 is 13.9 Å². The molecule has 60 valence electrons. The van der Waals surface area contributed by atoms with E-state index in [4.69, 9.17) is 0 Å². The van der Waals surface area contributed by atoms with Crippen LogP contribution in [0.5, 0.6) is 0 Å². The third kappa shape index (κ3) is 3.53. The van der Waals surface area contributed by atoms with Crippen LogP contribution < -0.4 is 5.30 Å². The van der Waals surface area contributed by atoms with Crippen LogP contribution in [0.25, 0.3) is 0 Å². The van der Waals surface area contributed by atoms with Crippen molar-refractivity contribution in [2.75, 3.05) is 6.16 Å². The molecule has 0 heterocycles. The Kier molecular flexibility index (Phi) is 3.59. The first-order chi connectivity index (χ1) is 5.29. The summed E-state index contributed by atoms with van der Waals surface area (Å²) in [5.41, 5.74) is 0. The van der Waals surface area contributed by atoms with Gasteiger partial charge in [-0.25, -0.2) is 5.30 Å². The minimum absolute atomic E-state index is 0.803. The van der Waals surface area contributed by atoms with Gasteiger partial charge in [-0.15, -0.1) is 0 Å². The maximum Gasteiger partial charge on any atom is -0.0624 e. The van der Waals surface area contributed by atoms with Gasteiger partial charge >= 0.3 is 0 Å². The molecule has 0 nitrogen and oxygen atoms in total. The van der Waals surface area contributed by atoms with Crippen LogP contribution in [0, 0.1) is 5.92 Å². The first-order valence-corrected chi connectivity index (χ1v) is 5.09. The number of hydrogen-bond acceptors (Lipinski definition) is 0. The summed E-state index contributed by atoms with van der Waals surface area (Å²) in [6.45, 7) is 4.52. The number of rotatable bonds is 3. The van der Waals surface area contributed by atoms with E-state index < -0.39 is 0 Å². The lowest BCUT2D eigenvalue weighted by Crippen LogP contribution is -1.97. The topological polar surface area (TPSA) is 0 Å². The fourth-order valence-electron chi connectivity index (χ4n) is 0.821. The molecule has 0 fully saturated rings. The maximum absolute atomic E-state index is 2.26. The average Bonchev–Trinajstić information content (AvgIpc) is 2.03. The second kappa shape index (κ2) is 4.51. The van der Waals surface area contributed by atoms with E-state index in [0.717, 1.165) is 5.92 Å². The third-order valence-electron chi connectivity index (χ3n) is 1.40. The Labute approximate surface area is 70.8 Å². The molecule has 0 aliphatic rings. The Hall–Kier alpha value is -0.350. The molecule has 0 spiro atoms. The molecule has 0 bridgehead atoms. The van der Waals surface area contributed by atoms with Crippen molar-refractivity contribution in [3.05, 3.63) is 30.3 Å². The van der Waals surface area contributed by atoms with E-state index in [-0.39, 0.29) is 0 Å². The molecule has 1 aromatic rings. The second-order valence-corrected chi connectivity index (χ2v) is 4.27. The van der Waals surface area contributed by atoms with Crippen molar-refractivity contribution in [1.82, 2.24) is 0 Å². The maximum atomic E-state index is 2.26. The standard InChI is InChI=1S/C10H14P/c1-9(2)8-11-10-6-4-3-5-7-10/h3-7,9H,8H2,1-2H3/q-1. The summed E-state index contributed by atoms with van der Waals surface area (Å²) in [6.07, 6.45) is 1.27. The van der Waals surface area contributed by atoms with Crippen molar-refractivity contribution in [2.45, 2.75) is 13.8 Å². The van der Waals surface area contributed by atoms with Crippen molar-refractivity contribution < 1.29 is 0 Å². The molecule has 1 rings (SSSR count). The SMILES string of the molecule is CC(C)C[P-]c1ccccc1. The molecule has 1 heteroatoms. The molecular formula is C10H14P-. The zero-order valence-corrected chi connectivity index (χ0v) is 8.01. The van der Waals surface area contributed by atoms with Gasteiger partial charge in [0.2, 0.25) is 0 Å². The highest BCUT2D eigenvalue weighted by atomic mass is 31.1. The van der Waals surface area contributed by atoms with Crippen LogP contribution in [0.15, 0.2) is 30.3 Å². The minimum Gasteiger partial charge on any atom is -0.506 e. The summed E-state index contributed by atoms with van der Waals surface area (Å²) in [5.74, 6) is 0.803. The van der Waals surface area contributed by atoms with Gasteiger partial charge in [0.1, 0.15) is 0 Å². The van der Waals surface area contributed by atoms with Crippen molar-refractivity contribution in [1.29, 1.82) is 0 Å². The van der Waals surface area contributed by atoms with Crippen LogP contribution in [-0.4, -0.2) is 6.16 Å². The van der Waals surface area contributed by atoms with Gasteiger partial charge in [-0.2, -0.15) is 6.16 Å². The Morgan fingerprint density at radius 1 is 1.18 bits per heavy atom. The Morgan fingerprint density at radius 2 is 1.82 bits per heavy atom. The lowest BCUT2D eigenvalue weighted by molar-refractivity contribution is 0.749. The van der Waals surface area contributed by atoms with Crippen molar-refractivity contribution in [2.24, 2.45) is 5.92 Å². The second-order valence-electron chi connectivity index (χ2n) is 3.07. The van der Waals surface area contributed by atoms with Crippen molar-refractivity contribution in [3.63, 3.8) is 0 Å². The molecule has 0 amide bonds. The zero-order valence-electron chi connectivity index (χ0n) is 7.12. The van der Waals surface area contributed by atoms with Gasteiger partial charge in [-0.05, 0) is 0 Å². The molecule has 0 radical (unpaired) electrons. The summed E-state index contributed by atoms with van der Waals surface area (Å²) in [5, 5.41) is 1.43. The van der Waals surface area contributed by atoms with E-state index in [1.54, 1.807) is 0 Å². The Balaban J connectivity index is 2.39. The van der Waals surface area contributed by atoms with Gasteiger partial charge in [0.05, 0.1) is 0 Å². The predicted octanol–water partition coefficient (Wildman–Crippen LogP) is 2.91. The smallest absolute Gasteiger partial charge is 0.0624 e. The molecule has 0 N–H and O–H groups in total. The lowest BCUT2D eigenvalue weighted by atomic mass is 10.3. The van der Waals surface area contributed by atoms with E-state index in [9.17, 15) is 0 Å². The lowest BCUT2D eigenvalue weighted by Gasteiger charge is -2.20. The van der Waals surface area contributed by atoms with Crippen LogP contribution in [0.2, 0.25) is 0 Å². The fraction of sp³-hybridized carbons (Fsp3) is 0.400. The van der Waals surface area contributed by atoms with Gasteiger partial charge in [0, 0.05) is 0 Å². The van der Waals surface area contributed by atoms with Crippen molar-refractivity contribution in [3.8, 4) is 0 Å². The van der Waals surface area contributed by atoms with Gasteiger partial charge in [0.15, 0.2) is 0 Å². The van der Waals surface area contributed by atoms with E-state index in [2.05, 4.69) is 44.2 Å². The molecule has 0 aliphatic carbocycles. The third-order valence-corrected chi connectivity index (χ3v) is 2.97. The zero-order chi connectivity index (χ0) is 8.10. The summed E-state index contributed by atoms with van der Waals surface area (Å²) in [4.78, 5) is 0. The molecule has 0 saturated heterocycles. The van der Waals surface area contributed by atoms with E-state index in [1.165, 1.54) is 20.0 Å². The van der Waals surface area contributed by atoms with Gasteiger partial charge < -0.3 is 8.58 Å². The van der Waals surface area contributed by atoms with Gasteiger partial charge in [-0.3, -0.25) is 0 Å². The summed E-state index contributed by atoms with van der Waals surface area (Å²) < 4.78 is 0. The molecule has 0 aromatic heterocycles. The fourth-order valence-corrected chi connectivity index (χ4v) is 1.78. The molecule has 1 aromatic carbocycles. The van der Waals surface area contributed by atoms with Crippen LogP contribution in [0.4, 0.5) is 0 Å². The van der Waals surface area contributed by atoms with Gasteiger partial charge in [-0.1, -0.05) is 50.1 Å². The quantitative estimate of drug-likeness (QED) is 0.604. The Morgan fingerprint density at radius 3 is 2.36 bits per heavy atom. The van der Waals surface area contributed by atoms with Crippen LogP contribution in [0.3, 0.4) is 0 Å². The average molecular weight is 165 g/mol. The van der Waals surface area contributed by atoms with E-state index in [0.29, 0.717) is 0 Å². The Bertz CT molecular complexity index is 191. The molecular weight excluding hydrogens is 151 g/mol. The first-order valence-electron chi connectivity index (χ1n) is 4.01. The molecule has 11 heavy (non-hydrogen) atoms. The van der Waals surface area contributed by atoms with E-state index in [1.807, 2.05) is 0 Å². The van der Waals surface area contributed by atoms with E-state index >= 15 is 0 Å². The van der Waals surface area contributed by atoms with Crippen LogP contribution in [-0.2, 0) is 0 Å². The molecule has 0 saturated carbocycles. The molecule has 0 unspecified atom stereocenters. The minimum atomic E-state index is 0.803. The predicted molar refractivity (Wildman–Crippen MR) is 52.7 cm³/mol. The number of benzene rings is 1. The molecule has 0 aliphatic heterocycles.